The molecule has 0 unspecified atom stereocenters. The second-order valence-electron chi connectivity index (χ2n) is 3.87. The van der Waals surface area contributed by atoms with E-state index in [-0.39, 0.29) is 0 Å². The standard InChI is InChI=1S/C10H20N6OS/c1-4-6-17-9-12-8(15-11)13-10(14-9)18-7-5-16(2)3/h4-7,11H2,1-3H3,(H,12,13,14,15). The van der Waals surface area contributed by atoms with Gasteiger partial charge in [-0.05, 0) is 20.5 Å². The Morgan fingerprint density at radius 2 is 2.11 bits per heavy atom. The Labute approximate surface area is 112 Å². The zero-order valence-electron chi connectivity index (χ0n) is 11.0. The Morgan fingerprint density at radius 1 is 1.33 bits per heavy atom. The molecule has 1 aromatic heterocycles. The average Bonchev–Trinajstić information content (AvgIpc) is 2.35. The van der Waals surface area contributed by atoms with Gasteiger partial charge in [0, 0.05) is 12.3 Å². The van der Waals surface area contributed by atoms with Crippen LogP contribution in [-0.2, 0) is 0 Å². The van der Waals surface area contributed by atoms with Crippen LogP contribution in [0, 0.1) is 0 Å². The maximum Gasteiger partial charge on any atom is 0.322 e. The van der Waals surface area contributed by atoms with Gasteiger partial charge in [-0.1, -0.05) is 18.7 Å². The Balaban J connectivity index is 2.64. The summed E-state index contributed by atoms with van der Waals surface area (Å²) >= 11 is 1.55. The number of thioether (sulfide) groups is 1. The highest BCUT2D eigenvalue weighted by atomic mass is 32.2. The lowest BCUT2D eigenvalue weighted by Crippen LogP contribution is -2.16. The lowest BCUT2D eigenvalue weighted by molar-refractivity contribution is 0.288. The molecule has 7 nitrogen and oxygen atoms in total. The summed E-state index contributed by atoms with van der Waals surface area (Å²) in [6.07, 6.45) is 0.903. The molecule has 0 atom stereocenters. The fourth-order valence-corrected chi connectivity index (χ4v) is 1.98. The van der Waals surface area contributed by atoms with Crippen molar-refractivity contribution in [2.75, 3.05) is 38.4 Å². The molecule has 0 spiro atoms. The summed E-state index contributed by atoms with van der Waals surface area (Å²) in [5.74, 6) is 6.54. The van der Waals surface area contributed by atoms with Crippen LogP contribution in [0.1, 0.15) is 13.3 Å². The number of rotatable bonds is 8. The number of hydrogen-bond donors (Lipinski definition) is 2. The van der Waals surface area contributed by atoms with Crippen molar-refractivity contribution in [3.8, 4) is 6.01 Å². The van der Waals surface area contributed by atoms with Crippen molar-refractivity contribution in [3.63, 3.8) is 0 Å². The molecule has 0 aliphatic heterocycles. The lowest BCUT2D eigenvalue weighted by Gasteiger charge is -2.09. The van der Waals surface area contributed by atoms with E-state index < -0.39 is 0 Å². The maximum absolute atomic E-state index is 5.38. The third-order valence-electron chi connectivity index (χ3n) is 1.93. The van der Waals surface area contributed by atoms with Crippen molar-refractivity contribution in [1.82, 2.24) is 19.9 Å². The minimum absolute atomic E-state index is 0.312. The number of nitrogens with two attached hydrogens (primary N) is 1. The normalized spacial score (nSPS) is 10.7. The third kappa shape index (κ3) is 5.48. The quantitative estimate of drug-likeness (QED) is 0.404. The first kappa shape index (κ1) is 14.9. The monoisotopic (exact) mass is 272 g/mol. The van der Waals surface area contributed by atoms with Crippen LogP contribution < -0.4 is 16.0 Å². The van der Waals surface area contributed by atoms with E-state index in [0.29, 0.717) is 23.7 Å². The summed E-state index contributed by atoms with van der Waals surface area (Å²) < 4.78 is 5.38. The molecule has 3 N–H and O–H groups in total. The fraction of sp³-hybridized carbons (Fsp3) is 0.700. The van der Waals surface area contributed by atoms with Crippen LogP contribution in [0.3, 0.4) is 0 Å². The molecular weight excluding hydrogens is 252 g/mol. The van der Waals surface area contributed by atoms with Crippen molar-refractivity contribution < 1.29 is 4.74 Å². The predicted molar refractivity (Wildman–Crippen MR) is 72.7 cm³/mol. The number of hydrogen-bond acceptors (Lipinski definition) is 8. The average molecular weight is 272 g/mol. The van der Waals surface area contributed by atoms with E-state index in [2.05, 4.69) is 25.3 Å². The van der Waals surface area contributed by atoms with Gasteiger partial charge in [-0.2, -0.15) is 15.0 Å². The molecule has 0 aliphatic carbocycles. The number of ether oxygens (including phenoxy) is 1. The summed E-state index contributed by atoms with van der Waals surface area (Å²) in [5.41, 5.74) is 2.42. The molecule has 0 aliphatic rings. The van der Waals surface area contributed by atoms with Crippen LogP contribution >= 0.6 is 11.8 Å². The number of nitrogen functional groups attached to an aromatic ring is 1. The molecule has 0 fully saturated rings. The highest BCUT2D eigenvalue weighted by Gasteiger charge is 2.07. The summed E-state index contributed by atoms with van der Waals surface area (Å²) in [5, 5.41) is 0.617. The van der Waals surface area contributed by atoms with Crippen LogP contribution in [0.25, 0.3) is 0 Å². The molecule has 0 saturated carbocycles. The van der Waals surface area contributed by atoms with E-state index in [1.54, 1.807) is 11.8 Å². The molecule has 0 saturated heterocycles. The number of aromatic nitrogens is 3. The van der Waals surface area contributed by atoms with Crippen LogP contribution in [0.2, 0.25) is 0 Å². The smallest absolute Gasteiger partial charge is 0.322 e. The van der Waals surface area contributed by atoms with Gasteiger partial charge in [-0.3, -0.25) is 5.43 Å². The van der Waals surface area contributed by atoms with Crippen LogP contribution in [0.4, 0.5) is 5.95 Å². The van der Waals surface area contributed by atoms with Gasteiger partial charge in [0.25, 0.3) is 0 Å². The van der Waals surface area contributed by atoms with E-state index in [1.165, 1.54) is 0 Å². The summed E-state index contributed by atoms with van der Waals surface area (Å²) in [4.78, 5) is 14.5. The Hall–Kier alpha value is -1.12. The molecule has 0 amide bonds. The summed E-state index contributed by atoms with van der Waals surface area (Å²) in [6, 6.07) is 0.312. The number of nitrogens with one attached hydrogen (secondary N) is 1. The first-order valence-electron chi connectivity index (χ1n) is 5.78. The van der Waals surface area contributed by atoms with Gasteiger partial charge in [0.05, 0.1) is 6.61 Å². The van der Waals surface area contributed by atoms with Gasteiger partial charge in [0.15, 0.2) is 5.16 Å². The van der Waals surface area contributed by atoms with Crippen LogP contribution in [0.5, 0.6) is 6.01 Å². The zero-order valence-corrected chi connectivity index (χ0v) is 11.8. The maximum atomic E-state index is 5.38. The highest BCUT2D eigenvalue weighted by Crippen LogP contribution is 2.17. The molecule has 18 heavy (non-hydrogen) atoms. The zero-order chi connectivity index (χ0) is 13.4. The number of nitrogens with zero attached hydrogens (tertiary/aromatic N) is 4. The largest absolute Gasteiger partial charge is 0.463 e. The Bertz CT molecular complexity index is 362. The molecule has 8 heteroatoms. The van der Waals surface area contributed by atoms with Crippen molar-refractivity contribution in [2.24, 2.45) is 5.84 Å². The van der Waals surface area contributed by atoms with Crippen molar-refractivity contribution in [1.29, 1.82) is 0 Å². The van der Waals surface area contributed by atoms with Gasteiger partial charge in [0.1, 0.15) is 0 Å². The van der Waals surface area contributed by atoms with E-state index in [9.17, 15) is 0 Å². The Kier molecular flexibility index (Phi) is 6.69. The molecule has 1 rings (SSSR count). The molecule has 1 aromatic rings. The topological polar surface area (TPSA) is 89.2 Å². The molecule has 102 valence electrons. The summed E-state index contributed by atoms with van der Waals surface area (Å²) in [6.45, 7) is 3.55. The minimum Gasteiger partial charge on any atom is -0.463 e. The molecule has 1 heterocycles. The van der Waals surface area contributed by atoms with Gasteiger partial charge in [-0.15, -0.1) is 0 Å². The first-order chi connectivity index (χ1) is 8.65. The van der Waals surface area contributed by atoms with Gasteiger partial charge < -0.3 is 9.64 Å². The second kappa shape index (κ2) is 8.06. The molecule has 0 aromatic carbocycles. The minimum atomic E-state index is 0.312. The number of hydrazine groups is 1. The molecule has 0 bridgehead atoms. The molecular formula is C10H20N6OS. The van der Waals surface area contributed by atoms with Crippen molar-refractivity contribution in [3.05, 3.63) is 0 Å². The second-order valence-corrected chi connectivity index (χ2v) is 4.93. The predicted octanol–water partition coefficient (Wildman–Crippen LogP) is 0.600. The lowest BCUT2D eigenvalue weighted by atomic mass is 10.5. The van der Waals surface area contributed by atoms with E-state index >= 15 is 0 Å². The van der Waals surface area contributed by atoms with Crippen LogP contribution in [-0.4, -0.2) is 52.9 Å². The van der Waals surface area contributed by atoms with Crippen LogP contribution in [0.15, 0.2) is 5.16 Å². The Morgan fingerprint density at radius 3 is 2.72 bits per heavy atom. The molecule has 0 radical (unpaired) electrons. The summed E-state index contributed by atoms with van der Waals surface area (Å²) in [7, 11) is 4.05. The van der Waals surface area contributed by atoms with Gasteiger partial charge in [-0.25, -0.2) is 5.84 Å². The van der Waals surface area contributed by atoms with Gasteiger partial charge >= 0.3 is 6.01 Å². The van der Waals surface area contributed by atoms with E-state index in [1.807, 2.05) is 21.0 Å². The first-order valence-corrected chi connectivity index (χ1v) is 6.77. The third-order valence-corrected chi connectivity index (χ3v) is 2.76. The number of anilines is 1. The van der Waals surface area contributed by atoms with Crippen molar-refractivity contribution in [2.45, 2.75) is 18.5 Å². The highest BCUT2D eigenvalue weighted by molar-refractivity contribution is 7.99. The van der Waals surface area contributed by atoms with E-state index in [4.69, 9.17) is 10.6 Å². The van der Waals surface area contributed by atoms with Gasteiger partial charge in [0.2, 0.25) is 5.95 Å². The SMILES string of the molecule is CCCOc1nc(NN)nc(SCCN(C)C)n1. The van der Waals surface area contributed by atoms with E-state index in [0.717, 1.165) is 18.7 Å². The van der Waals surface area contributed by atoms with Crippen molar-refractivity contribution >= 4 is 17.7 Å². The fourth-order valence-electron chi connectivity index (χ4n) is 1.04.